The van der Waals surface area contributed by atoms with Gasteiger partial charge in [0.25, 0.3) is 0 Å². The highest BCUT2D eigenvalue weighted by Crippen LogP contribution is 2.46. The van der Waals surface area contributed by atoms with Gasteiger partial charge in [-0.25, -0.2) is 8.78 Å². The SMILES string of the molecule is CN1CC(=O)C2=C(C1)Nc1ccc3ncccc3c1C2c1ccc(F)c(F)c1. The second kappa shape index (κ2) is 6.21. The zero-order valence-corrected chi connectivity index (χ0v) is 15.2. The van der Waals surface area contributed by atoms with Crippen molar-refractivity contribution in [3.63, 3.8) is 0 Å². The van der Waals surface area contributed by atoms with Crippen LogP contribution < -0.4 is 5.32 Å². The monoisotopic (exact) mass is 377 g/mol. The minimum absolute atomic E-state index is 0.0162. The van der Waals surface area contributed by atoms with Crippen LogP contribution in [0, 0.1) is 11.6 Å². The van der Waals surface area contributed by atoms with Gasteiger partial charge in [0.05, 0.1) is 12.1 Å². The van der Waals surface area contributed by atoms with Crippen molar-refractivity contribution in [2.24, 2.45) is 0 Å². The maximum absolute atomic E-state index is 14.1. The molecule has 28 heavy (non-hydrogen) atoms. The molecule has 5 rings (SSSR count). The van der Waals surface area contributed by atoms with Gasteiger partial charge in [-0.15, -0.1) is 0 Å². The molecule has 0 saturated heterocycles. The summed E-state index contributed by atoms with van der Waals surface area (Å²) in [5, 5.41) is 4.29. The van der Waals surface area contributed by atoms with E-state index in [-0.39, 0.29) is 5.78 Å². The van der Waals surface area contributed by atoms with Crippen molar-refractivity contribution in [3.8, 4) is 0 Å². The molecule has 0 spiro atoms. The number of ketones is 1. The highest BCUT2D eigenvalue weighted by molar-refractivity contribution is 6.04. The van der Waals surface area contributed by atoms with Crippen LogP contribution in [-0.2, 0) is 4.79 Å². The Bertz CT molecular complexity index is 1170. The summed E-state index contributed by atoms with van der Waals surface area (Å²) in [5.41, 5.74) is 4.51. The fourth-order valence-corrected chi connectivity index (χ4v) is 4.28. The van der Waals surface area contributed by atoms with Crippen LogP contribution in [-0.4, -0.2) is 35.8 Å². The number of hydrogen-bond donors (Lipinski definition) is 1. The molecular formula is C22H17F2N3O. The highest BCUT2D eigenvalue weighted by Gasteiger charge is 2.37. The Balaban J connectivity index is 1.83. The number of pyridine rings is 1. The average Bonchev–Trinajstić information content (AvgIpc) is 2.68. The van der Waals surface area contributed by atoms with Crippen molar-refractivity contribution >= 4 is 22.4 Å². The lowest BCUT2D eigenvalue weighted by atomic mass is 9.76. The molecule has 1 unspecified atom stereocenters. The minimum atomic E-state index is -0.918. The number of aromatic nitrogens is 1. The average molecular weight is 377 g/mol. The summed E-state index contributed by atoms with van der Waals surface area (Å²) in [6.07, 6.45) is 1.71. The van der Waals surface area contributed by atoms with E-state index in [1.54, 1.807) is 12.3 Å². The van der Waals surface area contributed by atoms with E-state index in [4.69, 9.17) is 0 Å². The van der Waals surface area contributed by atoms with Gasteiger partial charge in [-0.3, -0.25) is 14.7 Å². The van der Waals surface area contributed by atoms with Gasteiger partial charge in [0.1, 0.15) is 0 Å². The molecule has 0 bridgehead atoms. The number of nitrogens with zero attached hydrogens (tertiary/aromatic N) is 2. The zero-order valence-electron chi connectivity index (χ0n) is 15.2. The van der Waals surface area contributed by atoms with Crippen LogP contribution in [0.2, 0.25) is 0 Å². The molecule has 2 aromatic carbocycles. The molecule has 0 fully saturated rings. The molecule has 3 heterocycles. The Morgan fingerprint density at radius 2 is 1.96 bits per heavy atom. The van der Waals surface area contributed by atoms with Gasteiger partial charge in [0.15, 0.2) is 17.4 Å². The Hall–Kier alpha value is -3.12. The summed E-state index contributed by atoms with van der Waals surface area (Å²) in [5.74, 6) is -2.31. The number of nitrogens with one attached hydrogen (secondary N) is 1. The summed E-state index contributed by atoms with van der Waals surface area (Å²) in [4.78, 5) is 19.3. The summed E-state index contributed by atoms with van der Waals surface area (Å²) < 4.78 is 27.7. The predicted octanol–water partition coefficient (Wildman–Crippen LogP) is 3.84. The van der Waals surface area contributed by atoms with E-state index >= 15 is 0 Å². The quantitative estimate of drug-likeness (QED) is 0.700. The molecule has 3 aromatic rings. The molecular weight excluding hydrogens is 360 g/mol. The number of halogens is 2. The number of carbonyl (C=O) groups excluding carboxylic acids is 1. The van der Waals surface area contributed by atoms with Crippen LogP contribution in [0.15, 0.2) is 59.9 Å². The first-order valence-corrected chi connectivity index (χ1v) is 9.07. The van der Waals surface area contributed by atoms with Gasteiger partial charge >= 0.3 is 0 Å². The third-order valence-corrected chi connectivity index (χ3v) is 5.43. The maximum Gasteiger partial charge on any atom is 0.175 e. The van der Waals surface area contributed by atoms with Crippen molar-refractivity contribution in [1.29, 1.82) is 0 Å². The van der Waals surface area contributed by atoms with Gasteiger partial charge in [-0.05, 0) is 48.5 Å². The van der Waals surface area contributed by atoms with Crippen LogP contribution in [0.1, 0.15) is 17.0 Å². The number of benzene rings is 2. The third-order valence-electron chi connectivity index (χ3n) is 5.43. The molecule has 1 atom stereocenters. The van der Waals surface area contributed by atoms with Gasteiger partial charge in [0.2, 0.25) is 0 Å². The van der Waals surface area contributed by atoms with E-state index in [1.807, 2.05) is 36.2 Å². The molecule has 0 aliphatic carbocycles. The number of fused-ring (bicyclic) bond motifs is 3. The van der Waals surface area contributed by atoms with Gasteiger partial charge in [-0.2, -0.15) is 0 Å². The van der Waals surface area contributed by atoms with E-state index in [1.165, 1.54) is 6.07 Å². The Morgan fingerprint density at radius 3 is 2.79 bits per heavy atom. The lowest BCUT2D eigenvalue weighted by Gasteiger charge is -2.37. The third kappa shape index (κ3) is 2.52. The van der Waals surface area contributed by atoms with Crippen molar-refractivity contribution in [3.05, 3.63) is 82.7 Å². The van der Waals surface area contributed by atoms with Gasteiger partial charge in [0, 0.05) is 41.0 Å². The van der Waals surface area contributed by atoms with Gasteiger partial charge < -0.3 is 5.32 Å². The maximum atomic E-state index is 14.1. The van der Waals surface area contributed by atoms with Crippen molar-refractivity contribution in [2.75, 3.05) is 25.5 Å². The van der Waals surface area contributed by atoms with Crippen LogP contribution in [0.3, 0.4) is 0 Å². The zero-order chi connectivity index (χ0) is 19.4. The number of hydrogen-bond acceptors (Lipinski definition) is 4. The number of likely N-dealkylation sites (N-methyl/N-ethyl adjacent to an activating group) is 1. The van der Waals surface area contributed by atoms with E-state index in [9.17, 15) is 13.6 Å². The van der Waals surface area contributed by atoms with E-state index in [2.05, 4.69) is 10.3 Å². The van der Waals surface area contributed by atoms with Crippen molar-refractivity contribution in [2.45, 2.75) is 5.92 Å². The predicted molar refractivity (Wildman–Crippen MR) is 103 cm³/mol. The Labute approximate surface area is 160 Å². The van der Waals surface area contributed by atoms with Gasteiger partial charge in [-0.1, -0.05) is 12.1 Å². The number of anilines is 1. The van der Waals surface area contributed by atoms with Crippen molar-refractivity contribution in [1.82, 2.24) is 9.88 Å². The molecule has 0 amide bonds. The summed E-state index contributed by atoms with van der Waals surface area (Å²) in [6, 6.07) is 11.5. The lowest BCUT2D eigenvalue weighted by molar-refractivity contribution is -0.117. The first kappa shape index (κ1) is 17.0. The molecule has 1 aromatic heterocycles. The highest BCUT2D eigenvalue weighted by atomic mass is 19.2. The molecule has 0 radical (unpaired) electrons. The number of Topliss-reactive ketones (excluding diaryl/α,β-unsaturated/α-hetero) is 1. The molecule has 4 nitrogen and oxygen atoms in total. The molecule has 140 valence electrons. The first-order chi connectivity index (χ1) is 13.5. The number of rotatable bonds is 1. The topological polar surface area (TPSA) is 45.2 Å². The van der Waals surface area contributed by atoms with Crippen LogP contribution in [0.25, 0.3) is 10.9 Å². The molecule has 1 N–H and O–H groups in total. The molecule has 6 heteroatoms. The van der Waals surface area contributed by atoms with Crippen LogP contribution in [0.5, 0.6) is 0 Å². The Morgan fingerprint density at radius 1 is 1.11 bits per heavy atom. The van der Waals surface area contributed by atoms with E-state index in [0.717, 1.165) is 33.9 Å². The first-order valence-electron chi connectivity index (χ1n) is 9.07. The largest absolute Gasteiger partial charge is 0.357 e. The standard InChI is InChI=1S/C22H17F2N3O/c1-27-10-18-22(19(28)11-27)20(12-4-5-14(23)15(24)9-12)21-13-3-2-8-25-16(13)6-7-17(21)26-18/h2-9,20,26H,10-11H2,1H3. The normalized spacial score (nSPS) is 19.4. The summed E-state index contributed by atoms with van der Waals surface area (Å²) in [6.45, 7) is 0.880. The van der Waals surface area contributed by atoms with Crippen LogP contribution in [0.4, 0.5) is 14.5 Å². The van der Waals surface area contributed by atoms with E-state index in [0.29, 0.717) is 24.2 Å². The smallest absolute Gasteiger partial charge is 0.175 e. The molecule has 2 aliphatic heterocycles. The summed E-state index contributed by atoms with van der Waals surface area (Å²) in [7, 11) is 1.88. The van der Waals surface area contributed by atoms with E-state index < -0.39 is 17.6 Å². The number of carbonyl (C=O) groups is 1. The minimum Gasteiger partial charge on any atom is -0.357 e. The second-order valence-electron chi connectivity index (χ2n) is 7.32. The molecule has 2 aliphatic rings. The Kier molecular flexibility index (Phi) is 3.77. The summed E-state index contributed by atoms with van der Waals surface area (Å²) >= 11 is 0. The fourth-order valence-electron chi connectivity index (χ4n) is 4.28. The van der Waals surface area contributed by atoms with Crippen LogP contribution >= 0.6 is 0 Å². The second-order valence-corrected chi connectivity index (χ2v) is 7.32. The van der Waals surface area contributed by atoms with Crippen molar-refractivity contribution < 1.29 is 13.6 Å². The fraction of sp³-hybridized carbons (Fsp3) is 0.182. The lowest BCUT2D eigenvalue weighted by Crippen LogP contribution is -2.40. The molecule has 0 saturated carbocycles.